The number of ketones is 1. The van der Waals surface area contributed by atoms with E-state index in [4.69, 9.17) is 6.42 Å². The molecule has 0 aromatic rings. The number of nitrogens with one attached hydrogen (secondary N) is 4. The van der Waals surface area contributed by atoms with Crippen LogP contribution in [0.15, 0.2) is 12.7 Å². The van der Waals surface area contributed by atoms with Crippen molar-refractivity contribution in [2.24, 2.45) is 22.7 Å². The lowest BCUT2D eigenvalue weighted by molar-refractivity contribution is -0.144. The molecular formula is C34H56N6O7S. The molecule has 1 saturated heterocycles. The Bertz CT molecular complexity index is 1360. The third-order valence-corrected chi connectivity index (χ3v) is 11.1. The monoisotopic (exact) mass is 692 g/mol. The van der Waals surface area contributed by atoms with Crippen LogP contribution in [0, 0.1) is 35.0 Å². The zero-order valence-corrected chi connectivity index (χ0v) is 30.7. The van der Waals surface area contributed by atoms with E-state index in [1.54, 1.807) is 27.7 Å². The highest BCUT2D eigenvalue weighted by Crippen LogP contribution is 2.43. The van der Waals surface area contributed by atoms with Gasteiger partial charge in [0.15, 0.2) is 0 Å². The van der Waals surface area contributed by atoms with Crippen molar-refractivity contribution in [3.05, 3.63) is 12.7 Å². The molecule has 4 N–H and O–H groups in total. The van der Waals surface area contributed by atoms with Crippen molar-refractivity contribution in [2.45, 2.75) is 105 Å². The van der Waals surface area contributed by atoms with Gasteiger partial charge in [0.2, 0.25) is 27.6 Å². The normalized spacial score (nSPS) is 21.3. The molecule has 1 unspecified atom stereocenters. The van der Waals surface area contributed by atoms with E-state index in [1.165, 1.54) is 22.3 Å². The van der Waals surface area contributed by atoms with Gasteiger partial charge in [-0.1, -0.05) is 54.0 Å². The average Bonchev–Trinajstić information content (AvgIpc) is 3.60. The highest BCUT2D eigenvalue weighted by atomic mass is 32.2. The summed E-state index contributed by atoms with van der Waals surface area (Å²) >= 11 is 0. The van der Waals surface area contributed by atoms with Gasteiger partial charge < -0.3 is 26.2 Å². The average molecular weight is 693 g/mol. The maximum atomic E-state index is 14.4. The van der Waals surface area contributed by atoms with Crippen LogP contribution in [0.25, 0.3) is 0 Å². The van der Waals surface area contributed by atoms with E-state index in [1.807, 2.05) is 20.8 Å². The largest absolute Gasteiger partial charge is 0.346 e. The van der Waals surface area contributed by atoms with Crippen LogP contribution in [0.5, 0.6) is 0 Å². The summed E-state index contributed by atoms with van der Waals surface area (Å²) in [7, 11) is -2.04. The number of carbonyl (C=O) groups is 5. The van der Waals surface area contributed by atoms with Crippen LogP contribution in [0.2, 0.25) is 0 Å². The molecule has 6 atom stereocenters. The van der Waals surface area contributed by atoms with Gasteiger partial charge in [-0.15, -0.1) is 18.9 Å². The van der Waals surface area contributed by atoms with Gasteiger partial charge in [-0.25, -0.2) is 17.5 Å². The van der Waals surface area contributed by atoms with E-state index in [-0.39, 0.29) is 43.5 Å². The summed E-state index contributed by atoms with van der Waals surface area (Å²) in [5.41, 5.74) is -1.30. The van der Waals surface area contributed by atoms with E-state index in [0.717, 1.165) is 12.8 Å². The fourth-order valence-corrected chi connectivity index (χ4v) is 7.12. The number of hydrogen-bond donors (Lipinski definition) is 4. The first-order valence-electron chi connectivity index (χ1n) is 16.7. The number of terminal acetylenes is 1. The second-order valence-corrected chi connectivity index (χ2v) is 17.3. The number of rotatable bonds is 15. The third-order valence-electron chi connectivity index (χ3n) is 9.30. The van der Waals surface area contributed by atoms with Gasteiger partial charge in [0.25, 0.3) is 5.91 Å². The van der Waals surface area contributed by atoms with Gasteiger partial charge in [-0.2, -0.15) is 0 Å². The molecule has 0 spiro atoms. The third kappa shape index (κ3) is 10.5. The van der Waals surface area contributed by atoms with Crippen LogP contribution in [0.4, 0.5) is 4.79 Å². The van der Waals surface area contributed by atoms with Crippen molar-refractivity contribution in [2.75, 3.05) is 32.4 Å². The summed E-state index contributed by atoms with van der Waals surface area (Å²) in [6.07, 6.45) is 9.49. The number of likely N-dealkylation sites (tertiary alicyclic amines) is 1. The van der Waals surface area contributed by atoms with Crippen molar-refractivity contribution in [1.29, 1.82) is 0 Å². The van der Waals surface area contributed by atoms with E-state index >= 15 is 0 Å². The molecule has 14 heteroatoms. The molecule has 1 aliphatic carbocycles. The van der Waals surface area contributed by atoms with Crippen LogP contribution in [0.1, 0.15) is 80.6 Å². The molecular weight excluding hydrogens is 636 g/mol. The quantitative estimate of drug-likeness (QED) is 0.115. The SMILES string of the molecule is C#CCCC(NC(=O)[C@@H]1[C@H]2CCC[C@H]2CN1C(=O)[C@@H](NC(=O)N[C@H](CN(C)S(=O)(=O)CC)C(C)(C)C)C(C)(C)C)C(=O)C(=O)NCC=C. The molecule has 2 rings (SSSR count). The maximum absolute atomic E-state index is 14.4. The fourth-order valence-electron chi connectivity index (χ4n) is 6.30. The van der Waals surface area contributed by atoms with Gasteiger partial charge in [0.1, 0.15) is 12.1 Å². The summed E-state index contributed by atoms with van der Waals surface area (Å²) in [6, 6.07) is -4.37. The summed E-state index contributed by atoms with van der Waals surface area (Å²) in [5, 5.41) is 10.9. The molecule has 0 aromatic carbocycles. The number of Topliss-reactive ketones (excluding diaryl/α,β-unsaturated/α-hetero) is 1. The van der Waals surface area contributed by atoms with Crippen molar-refractivity contribution in [3.8, 4) is 12.3 Å². The topological polar surface area (TPSA) is 174 Å². The fraction of sp³-hybridized carbons (Fsp3) is 0.735. The standard InChI is InChI=1S/C34H56N6O7S/c1-11-14-18-24(27(41)30(43)35-19-12-2)36-29(42)26-23-17-15-16-22(23)20-40(26)31(44)28(34(7,8)9)38-32(45)37-25(33(4,5)6)21-39(10)48(46,47)13-3/h1,12,22-26,28H,2,13-21H2,3-10H3,(H,35,43)(H,36,42)(H2,37,38,45)/t22-,23-,24?,25+,26-,28+/m0/s1. The van der Waals surface area contributed by atoms with Gasteiger partial charge in [-0.3, -0.25) is 19.2 Å². The molecule has 1 saturated carbocycles. The molecule has 1 aliphatic heterocycles. The molecule has 270 valence electrons. The summed E-state index contributed by atoms with van der Waals surface area (Å²) in [4.78, 5) is 68.8. The Balaban J connectivity index is 2.35. The van der Waals surface area contributed by atoms with Crippen molar-refractivity contribution in [3.63, 3.8) is 0 Å². The number of likely N-dealkylation sites (N-methyl/N-ethyl adjacent to an activating group) is 1. The van der Waals surface area contributed by atoms with Crippen LogP contribution < -0.4 is 21.3 Å². The molecule has 48 heavy (non-hydrogen) atoms. The molecule has 0 aromatic heterocycles. The number of urea groups is 1. The highest BCUT2D eigenvalue weighted by molar-refractivity contribution is 7.89. The Labute approximate surface area is 286 Å². The van der Waals surface area contributed by atoms with Crippen molar-refractivity contribution < 1.29 is 32.4 Å². The van der Waals surface area contributed by atoms with Crippen LogP contribution in [-0.2, 0) is 29.2 Å². The Hall–Kier alpha value is -3.44. The van der Waals surface area contributed by atoms with E-state index in [2.05, 4.69) is 33.8 Å². The first-order valence-corrected chi connectivity index (χ1v) is 18.3. The molecule has 5 amide bonds. The van der Waals surface area contributed by atoms with E-state index < -0.39 is 74.6 Å². The summed E-state index contributed by atoms with van der Waals surface area (Å²) in [5.74, 6) is -0.424. The van der Waals surface area contributed by atoms with E-state index in [0.29, 0.717) is 13.0 Å². The molecule has 2 fully saturated rings. The lowest BCUT2D eigenvalue weighted by Gasteiger charge is -2.38. The zero-order valence-electron chi connectivity index (χ0n) is 29.9. The Morgan fingerprint density at radius 3 is 2.23 bits per heavy atom. The van der Waals surface area contributed by atoms with Crippen LogP contribution in [0.3, 0.4) is 0 Å². The second-order valence-electron chi connectivity index (χ2n) is 15.0. The first-order chi connectivity index (χ1) is 22.2. The maximum Gasteiger partial charge on any atom is 0.315 e. The second kappa shape index (κ2) is 16.8. The van der Waals surface area contributed by atoms with Gasteiger partial charge in [0.05, 0.1) is 11.8 Å². The summed E-state index contributed by atoms with van der Waals surface area (Å²) in [6.45, 7) is 16.6. The lowest BCUT2D eigenvalue weighted by atomic mass is 9.85. The Morgan fingerprint density at radius 2 is 1.69 bits per heavy atom. The predicted octanol–water partition coefficient (Wildman–Crippen LogP) is 1.79. The van der Waals surface area contributed by atoms with Crippen LogP contribution in [-0.4, -0.2) is 104 Å². The number of amides is 5. The van der Waals surface area contributed by atoms with Gasteiger partial charge in [0, 0.05) is 39.1 Å². The van der Waals surface area contributed by atoms with Crippen molar-refractivity contribution >= 4 is 39.6 Å². The highest BCUT2D eigenvalue weighted by Gasteiger charge is 2.52. The predicted molar refractivity (Wildman–Crippen MR) is 185 cm³/mol. The number of sulfonamides is 1. The minimum absolute atomic E-state index is 0.0319. The molecule has 0 radical (unpaired) electrons. The van der Waals surface area contributed by atoms with Gasteiger partial charge in [-0.05, 0) is 48.9 Å². The molecule has 1 heterocycles. The van der Waals surface area contributed by atoms with Gasteiger partial charge >= 0.3 is 6.03 Å². The van der Waals surface area contributed by atoms with E-state index in [9.17, 15) is 32.4 Å². The first kappa shape index (κ1) is 40.7. The number of nitrogens with zero attached hydrogens (tertiary/aromatic N) is 2. The minimum Gasteiger partial charge on any atom is -0.346 e. The number of fused-ring (bicyclic) bond motifs is 1. The molecule has 2 aliphatic rings. The lowest BCUT2D eigenvalue weighted by Crippen LogP contribution is -2.62. The van der Waals surface area contributed by atoms with Crippen LogP contribution >= 0.6 is 0 Å². The zero-order chi connectivity index (χ0) is 36.6. The number of carbonyl (C=O) groups excluding carboxylic acids is 5. The molecule has 13 nitrogen and oxygen atoms in total. The summed E-state index contributed by atoms with van der Waals surface area (Å²) < 4.78 is 26.1. The smallest absolute Gasteiger partial charge is 0.315 e. The minimum atomic E-state index is -3.50. The van der Waals surface area contributed by atoms with Crippen molar-refractivity contribution in [1.82, 2.24) is 30.5 Å². The Morgan fingerprint density at radius 1 is 1.04 bits per heavy atom. The Kier molecular flexibility index (Phi) is 14.2. The molecule has 0 bridgehead atoms. The number of hydrogen-bond acceptors (Lipinski definition) is 7.